The number of nitrogens with two attached hydrogens (primary N) is 1. The summed E-state index contributed by atoms with van der Waals surface area (Å²) in [4.78, 5) is 2.74. The molecule has 0 radical (unpaired) electrons. The Labute approximate surface area is 114 Å². The predicted octanol–water partition coefficient (Wildman–Crippen LogP) is 3.51. The van der Waals surface area contributed by atoms with Gasteiger partial charge >= 0.3 is 0 Å². The topological polar surface area (TPSA) is 29.3 Å². The van der Waals surface area contributed by atoms with E-state index in [1.54, 1.807) is 0 Å². The Morgan fingerprint density at radius 3 is 2.11 bits per heavy atom. The van der Waals surface area contributed by atoms with Crippen molar-refractivity contribution in [3.63, 3.8) is 0 Å². The van der Waals surface area contributed by atoms with Gasteiger partial charge in [-0.05, 0) is 30.6 Å². The molecule has 1 aliphatic carbocycles. The fourth-order valence-electron chi connectivity index (χ4n) is 3.85. The highest BCUT2D eigenvalue weighted by atomic mass is 15.2. The predicted molar refractivity (Wildman–Crippen MR) is 80.7 cm³/mol. The summed E-state index contributed by atoms with van der Waals surface area (Å²) in [5, 5.41) is 0. The molecule has 1 aliphatic rings. The lowest BCUT2D eigenvalue weighted by Crippen LogP contribution is -2.58. The first-order valence-corrected chi connectivity index (χ1v) is 7.91. The summed E-state index contributed by atoms with van der Waals surface area (Å²) >= 11 is 0. The standard InChI is InChI=1S/C16H34N2/c1-6-15-8-7-9-16(15,12-17)18(10-13(2)3)11-14(4)5/h13-15H,6-12,17H2,1-5H3. The number of rotatable bonds is 7. The van der Waals surface area contributed by atoms with E-state index in [0.717, 1.165) is 24.3 Å². The first kappa shape index (κ1) is 16.0. The first-order valence-electron chi connectivity index (χ1n) is 7.91. The second kappa shape index (κ2) is 6.91. The van der Waals surface area contributed by atoms with Crippen LogP contribution in [0.3, 0.4) is 0 Å². The zero-order valence-corrected chi connectivity index (χ0v) is 13.2. The summed E-state index contributed by atoms with van der Waals surface area (Å²) < 4.78 is 0. The molecule has 108 valence electrons. The summed E-state index contributed by atoms with van der Waals surface area (Å²) in [6, 6.07) is 0. The van der Waals surface area contributed by atoms with E-state index in [4.69, 9.17) is 5.73 Å². The second-order valence-corrected chi connectivity index (χ2v) is 7.00. The van der Waals surface area contributed by atoms with E-state index in [0.29, 0.717) is 5.54 Å². The van der Waals surface area contributed by atoms with Crippen molar-refractivity contribution in [1.29, 1.82) is 0 Å². The van der Waals surface area contributed by atoms with Gasteiger partial charge in [0.05, 0.1) is 0 Å². The molecule has 1 rings (SSSR count). The second-order valence-electron chi connectivity index (χ2n) is 7.00. The third-order valence-electron chi connectivity index (χ3n) is 4.57. The van der Waals surface area contributed by atoms with Gasteiger partial charge in [-0.2, -0.15) is 0 Å². The highest BCUT2D eigenvalue weighted by Gasteiger charge is 2.45. The molecule has 18 heavy (non-hydrogen) atoms. The normalized spacial score (nSPS) is 28.8. The quantitative estimate of drug-likeness (QED) is 0.753. The van der Waals surface area contributed by atoms with E-state index in [2.05, 4.69) is 39.5 Å². The molecule has 0 aromatic carbocycles. The van der Waals surface area contributed by atoms with Crippen LogP contribution in [-0.4, -0.2) is 30.1 Å². The minimum atomic E-state index is 0.295. The third-order valence-corrected chi connectivity index (χ3v) is 4.57. The Hall–Kier alpha value is -0.0800. The van der Waals surface area contributed by atoms with Gasteiger partial charge in [-0.15, -0.1) is 0 Å². The SMILES string of the molecule is CCC1CCCC1(CN)N(CC(C)C)CC(C)C. The van der Waals surface area contributed by atoms with Gasteiger partial charge in [0.25, 0.3) is 0 Å². The monoisotopic (exact) mass is 254 g/mol. The summed E-state index contributed by atoms with van der Waals surface area (Å²) in [7, 11) is 0. The van der Waals surface area contributed by atoms with E-state index in [9.17, 15) is 0 Å². The van der Waals surface area contributed by atoms with Gasteiger partial charge < -0.3 is 5.73 Å². The Morgan fingerprint density at radius 1 is 1.17 bits per heavy atom. The molecule has 0 amide bonds. The molecule has 0 heterocycles. The van der Waals surface area contributed by atoms with Crippen LogP contribution in [0.4, 0.5) is 0 Å². The molecule has 2 unspecified atom stereocenters. The average molecular weight is 254 g/mol. The van der Waals surface area contributed by atoms with Crippen molar-refractivity contribution in [1.82, 2.24) is 4.90 Å². The fraction of sp³-hybridized carbons (Fsp3) is 1.00. The van der Waals surface area contributed by atoms with E-state index >= 15 is 0 Å². The van der Waals surface area contributed by atoms with Crippen LogP contribution in [0.1, 0.15) is 60.3 Å². The molecule has 0 aliphatic heterocycles. The maximum absolute atomic E-state index is 6.25. The molecule has 2 N–H and O–H groups in total. The molecule has 2 heteroatoms. The zero-order chi connectivity index (χ0) is 13.8. The van der Waals surface area contributed by atoms with Gasteiger partial charge in [0, 0.05) is 25.2 Å². The van der Waals surface area contributed by atoms with E-state index in [1.807, 2.05) is 0 Å². The maximum atomic E-state index is 6.25. The van der Waals surface area contributed by atoms with Crippen LogP contribution in [0.5, 0.6) is 0 Å². The van der Waals surface area contributed by atoms with Gasteiger partial charge in [0.15, 0.2) is 0 Å². The van der Waals surface area contributed by atoms with Crippen molar-refractivity contribution in [2.45, 2.75) is 65.8 Å². The van der Waals surface area contributed by atoms with E-state index in [1.165, 1.54) is 38.8 Å². The van der Waals surface area contributed by atoms with Crippen molar-refractivity contribution in [2.24, 2.45) is 23.5 Å². The van der Waals surface area contributed by atoms with Crippen LogP contribution in [-0.2, 0) is 0 Å². The number of hydrogen-bond donors (Lipinski definition) is 1. The highest BCUT2D eigenvalue weighted by molar-refractivity contribution is 5.01. The van der Waals surface area contributed by atoms with Crippen LogP contribution >= 0.6 is 0 Å². The zero-order valence-electron chi connectivity index (χ0n) is 13.2. The molecular formula is C16H34N2. The Morgan fingerprint density at radius 2 is 1.72 bits per heavy atom. The van der Waals surface area contributed by atoms with Crippen molar-refractivity contribution in [2.75, 3.05) is 19.6 Å². The largest absolute Gasteiger partial charge is 0.329 e. The molecule has 0 bridgehead atoms. The first-order chi connectivity index (χ1) is 8.46. The molecule has 2 atom stereocenters. The molecular weight excluding hydrogens is 220 g/mol. The maximum Gasteiger partial charge on any atom is 0.0359 e. The Kier molecular flexibility index (Phi) is 6.13. The summed E-state index contributed by atoms with van der Waals surface area (Å²) in [6.07, 6.45) is 5.33. The van der Waals surface area contributed by atoms with Crippen molar-refractivity contribution in [3.8, 4) is 0 Å². The molecule has 0 spiro atoms. The minimum absolute atomic E-state index is 0.295. The van der Waals surface area contributed by atoms with Crippen molar-refractivity contribution in [3.05, 3.63) is 0 Å². The highest BCUT2D eigenvalue weighted by Crippen LogP contribution is 2.42. The van der Waals surface area contributed by atoms with Crippen LogP contribution in [0, 0.1) is 17.8 Å². The van der Waals surface area contributed by atoms with Gasteiger partial charge in [-0.25, -0.2) is 0 Å². The van der Waals surface area contributed by atoms with Crippen LogP contribution in [0.2, 0.25) is 0 Å². The molecule has 0 saturated heterocycles. The molecule has 1 saturated carbocycles. The molecule has 1 fully saturated rings. The minimum Gasteiger partial charge on any atom is -0.329 e. The summed E-state index contributed by atoms with van der Waals surface area (Å²) in [5.41, 5.74) is 6.54. The lowest BCUT2D eigenvalue weighted by Gasteiger charge is -2.46. The van der Waals surface area contributed by atoms with E-state index in [-0.39, 0.29) is 0 Å². The molecule has 0 aromatic heterocycles. The van der Waals surface area contributed by atoms with Crippen molar-refractivity contribution < 1.29 is 0 Å². The smallest absolute Gasteiger partial charge is 0.0359 e. The van der Waals surface area contributed by atoms with Gasteiger partial charge in [-0.1, -0.05) is 47.5 Å². The lowest BCUT2D eigenvalue weighted by atomic mass is 9.82. The van der Waals surface area contributed by atoms with Gasteiger partial charge in [0.2, 0.25) is 0 Å². The summed E-state index contributed by atoms with van der Waals surface area (Å²) in [6.45, 7) is 14.9. The van der Waals surface area contributed by atoms with Crippen LogP contribution < -0.4 is 5.73 Å². The number of nitrogens with zero attached hydrogens (tertiary/aromatic N) is 1. The molecule has 2 nitrogen and oxygen atoms in total. The van der Waals surface area contributed by atoms with Gasteiger partial charge in [0.1, 0.15) is 0 Å². The Bertz CT molecular complexity index is 227. The average Bonchev–Trinajstić information content (AvgIpc) is 2.70. The van der Waals surface area contributed by atoms with E-state index < -0.39 is 0 Å². The Balaban J connectivity index is 2.90. The third kappa shape index (κ3) is 3.48. The number of hydrogen-bond acceptors (Lipinski definition) is 2. The fourth-order valence-corrected chi connectivity index (χ4v) is 3.85. The van der Waals surface area contributed by atoms with Crippen LogP contribution in [0.15, 0.2) is 0 Å². The van der Waals surface area contributed by atoms with Crippen LogP contribution in [0.25, 0.3) is 0 Å². The van der Waals surface area contributed by atoms with Gasteiger partial charge in [-0.3, -0.25) is 4.90 Å². The van der Waals surface area contributed by atoms with Crippen molar-refractivity contribution >= 4 is 0 Å². The lowest BCUT2D eigenvalue weighted by molar-refractivity contribution is 0.0348. The summed E-state index contributed by atoms with van der Waals surface area (Å²) in [5.74, 6) is 2.26. The molecule has 0 aromatic rings.